The number of carbonyl (C=O) groups is 1. The second-order valence-corrected chi connectivity index (χ2v) is 9.37. The molecule has 6 nitrogen and oxygen atoms in total. The maximum absolute atomic E-state index is 12.5. The van der Waals surface area contributed by atoms with E-state index in [9.17, 15) is 13.2 Å². The molecule has 1 heterocycles. The van der Waals surface area contributed by atoms with Crippen LogP contribution in [0.1, 0.15) is 41.2 Å². The molecule has 0 unspecified atom stereocenters. The summed E-state index contributed by atoms with van der Waals surface area (Å²) in [5.74, 6) is 0.337. The zero-order valence-electron chi connectivity index (χ0n) is 14.2. The van der Waals surface area contributed by atoms with Gasteiger partial charge in [0, 0.05) is 16.1 Å². The van der Waals surface area contributed by atoms with Crippen molar-refractivity contribution in [2.75, 3.05) is 15.8 Å². The van der Waals surface area contributed by atoms with Gasteiger partial charge in [0.05, 0.1) is 11.4 Å². The average molecular weight is 380 g/mol. The van der Waals surface area contributed by atoms with Gasteiger partial charge in [0.15, 0.2) is 5.13 Å². The maximum atomic E-state index is 12.5. The van der Waals surface area contributed by atoms with Crippen molar-refractivity contribution in [3.8, 4) is 0 Å². The highest BCUT2D eigenvalue weighted by Crippen LogP contribution is 2.32. The van der Waals surface area contributed by atoms with Crippen LogP contribution in [0.5, 0.6) is 0 Å². The van der Waals surface area contributed by atoms with E-state index < -0.39 is 10.0 Å². The van der Waals surface area contributed by atoms with E-state index in [1.165, 1.54) is 22.3 Å². The molecule has 0 aliphatic heterocycles. The molecule has 1 aromatic heterocycles. The van der Waals surface area contributed by atoms with Gasteiger partial charge in [-0.2, -0.15) is 0 Å². The Kier molecular flexibility index (Phi) is 5.10. The number of amides is 1. The lowest BCUT2D eigenvalue weighted by molar-refractivity contribution is 0.102. The van der Waals surface area contributed by atoms with E-state index in [2.05, 4.69) is 21.9 Å². The number of aryl methyl sites for hydroxylation is 1. The fraction of sp³-hybridized carbons (Fsp3) is 0.412. The molecule has 1 atom stereocenters. The van der Waals surface area contributed by atoms with Crippen LogP contribution in [0.15, 0.2) is 24.3 Å². The smallest absolute Gasteiger partial charge is 0.257 e. The molecule has 0 radical (unpaired) electrons. The number of carbonyl (C=O) groups excluding carboxylic acids is 1. The minimum atomic E-state index is -3.37. The summed E-state index contributed by atoms with van der Waals surface area (Å²) in [6.45, 7) is 3.79. The third-order valence-electron chi connectivity index (χ3n) is 4.18. The molecule has 25 heavy (non-hydrogen) atoms. The van der Waals surface area contributed by atoms with E-state index in [0.29, 0.717) is 22.3 Å². The summed E-state index contributed by atoms with van der Waals surface area (Å²) in [5, 5.41) is 3.43. The van der Waals surface area contributed by atoms with Crippen molar-refractivity contribution in [3.63, 3.8) is 0 Å². The predicted octanol–water partition coefficient (Wildman–Crippen LogP) is 3.28. The number of hydrogen-bond acceptors (Lipinski definition) is 5. The first-order valence-corrected chi connectivity index (χ1v) is 10.7. The van der Waals surface area contributed by atoms with E-state index in [1.807, 2.05) is 0 Å². The Bertz CT molecular complexity index is 890. The van der Waals surface area contributed by atoms with Crippen LogP contribution in [-0.4, -0.2) is 25.1 Å². The first-order valence-electron chi connectivity index (χ1n) is 8.27. The monoisotopic (exact) mass is 379 g/mol. The van der Waals surface area contributed by atoms with Crippen LogP contribution in [0.25, 0.3) is 0 Å². The fourth-order valence-electron chi connectivity index (χ4n) is 2.74. The van der Waals surface area contributed by atoms with Gasteiger partial charge in [0.25, 0.3) is 5.91 Å². The minimum Gasteiger partial charge on any atom is -0.298 e. The summed E-state index contributed by atoms with van der Waals surface area (Å²) >= 11 is 1.53. The summed E-state index contributed by atoms with van der Waals surface area (Å²) in [6, 6.07) is 6.44. The second-order valence-electron chi connectivity index (χ2n) is 6.28. The van der Waals surface area contributed by atoms with Crippen molar-refractivity contribution in [1.82, 2.24) is 4.98 Å². The maximum Gasteiger partial charge on any atom is 0.257 e. The van der Waals surface area contributed by atoms with E-state index in [0.717, 1.165) is 25.0 Å². The van der Waals surface area contributed by atoms with Crippen molar-refractivity contribution in [2.45, 2.75) is 33.1 Å². The van der Waals surface area contributed by atoms with Crippen molar-refractivity contribution in [1.29, 1.82) is 0 Å². The van der Waals surface area contributed by atoms with Gasteiger partial charge in [-0.25, -0.2) is 13.4 Å². The molecule has 0 bridgehead atoms. The van der Waals surface area contributed by atoms with Crippen molar-refractivity contribution < 1.29 is 13.2 Å². The molecule has 0 saturated carbocycles. The molecule has 1 aromatic carbocycles. The molecule has 0 fully saturated rings. The Hall–Kier alpha value is -1.93. The number of benzene rings is 1. The summed E-state index contributed by atoms with van der Waals surface area (Å²) in [4.78, 5) is 18.2. The highest BCUT2D eigenvalue weighted by molar-refractivity contribution is 7.92. The molecule has 3 rings (SSSR count). The second kappa shape index (κ2) is 7.13. The minimum absolute atomic E-state index is 0.0213. The van der Waals surface area contributed by atoms with Crippen LogP contribution in [0.3, 0.4) is 0 Å². The summed E-state index contributed by atoms with van der Waals surface area (Å²) < 4.78 is 25.8. The van der Waals surface area contributed by atoms with E-state index in [4.69, 9.17) is 0 Å². The predicted molar refractivity (Wildman–Crippen MR) is 101 cm³/mol. The van der Waals surface area contributed by atoms with Gasteiger partial charge in [0.1, 0.15) is 0 Å². The van der Waals surface area contributed by atoms with Crippen LogP contribution in [0.4, 0.5) is 10.8 Å². The molecular formula is C17H21N3O3S2. The van der Waals surface area contributed by atoms with Gasteiger partial charge in [-0.05, 0) is 50.3 Å². The zero-order valence-corrected chi connectivity index (χ0v) is 15.8. The fourth-order valence-corrected chi connectivity index (χ4v) is 4.53. The lowest BCUT2D eigenvalue weighted by Crippen LogP contribution is -2.16. The first-order chi connectivity index (χ1) is 11.9. The summed E-state index contributed by atoms with van der Waals surface area (Å²) in [6.07, 6.45) is 3.10. The summed E-state index contributed by atoms with van der Waals surface area (Å²) in [7, 11) is -3.37. The van der Waals surface area contributed by atoms with E-state index in [1.54, 1.807) is 25.1 Å². The molecule has 0 saturated heterocycles. The molecule has 8 heteroatoms. The van der Waals surface area contributed by atoms with Gasteiger partial charge in [0.2, 0.25) is 10.0 Å². The quantitative estimate of drug-likeness (QED) is 0.834. The van der Waals surface area contributed by atoms with E-state index in [-0.39, 0.29) is 11.7 Å². The van der Waals surface area contributed by atoms with Gasteiger partial charge in [-0.3, -0.25) is 14.8 Å². The average Bonchev–Trinajstić information content (AvgIpc) is 2.96. The third-order valence-corrected chi connectivity index (χ3v) is 6.53. The van der Waals surface area contributed by atoms with Crippen molar-refractivity contribution in [3.05, 3.63) is 40.4 Å². The standard InChI is InChI=1S/C17H21N3O3S2/c1-3-25(22,23)20-13-6-4-5-12(10-13)16(21)19-17-18-14-8-7-11(2)9-15(14)24-17/h4-6,10-11,20H,3,7-9H2,1-2H3,(H,18,19,21)/t11-/m0/s1. The molecule has 1 aliphatic carbocycles. The van der Waals surface area contributed by atoms with E-state index >= 15 is 0 Å². The number of sulfonamides is 1. The van der Waals surface area contributed by atoms with Crippen LogP contribution in [-0.2, 0) is 22.9 Å². The number of hydrogen-bond donors (Lipinski definition) is 2. The zero-order chi connectivity index (χ0) is 18.0. The molecular weight excluding hydrogens is 358 g/mol. The number of thiazole rings is 1. The third kappa shape index (κ3) is 4.38. The molecule has 1 aliphatic rings. The van der Waals surface area contributed by atoms with Crippen molar-refractivity contribution in [2.24, 2.45) is 5.92 Å². The van der Waals surface area contributed by atoms with Crippen molar-refractivity contribution >= 4 is 38.1 Å². The van der Waals surface area contributed by atoms with Crippen LogP contribution >= 0.6 is 11.3 Å². The van der Waals surface area contributed by atoms with Crippen LogP contribution in [0, 0.1) is 5.92 Å². The van der Waals surface area contributed by atoms with Gasteiger partial charge < -0.3 is 0 Å². The number of aromatic nitrogens is 1. The number of rotatable bonds is 5. The lowest BCUT2D eigenvalue weighted by atomic mass is 9.93. The number of nitrogens with zero attached hydrogens (tertiary/aromatic N) is 1. The normalized spacial score (nSPS) is 17.0. The SMILES string of the molecule is CCS(=O)(=O)Nc1cccc(C(=O)Nc2nc3c(s2)C[C@@H](C)CC3)c1. The topological polar surface area (TPSA) is 88.2 Å². The number of nitrogens with one attached hydrogen (secondary N) is 2. The van der Waals surface area contributed by atoms with Gasteiger partial charge in [-0.1, -0.05) is 13.0 Å². The molecule has 1 amide bonds. The highest BCUT2D eigenvalue weighted by Gasteiger charge is 2.20. The van der Waals surface area contributed by atoms with Gasteiger partial charge in [-0.15, -0.1) is 11.3 Å². The molecule has 2 aromatic rings. The largest absolute Gasteiger partial charge is 0.298 e. The Morgan fingerprint density at radius 1 is 1.40 bits per heavy atom. The first kappa shape index (κ1) is 17.9. The van der Waals surface area contributed by atoms with Crippen LogP contribution in [0.2, 0.25) is 0 Å². The number of fused-ring (bicyclic) bond motifs is 1. The van der Waals surface area contributed by atoms with Gasteiger partial charge >= 0.3 is 0 Å². The van der Waals surface area contributed by atoms with Crippen LogP contribution < -0.4 is 10.0 Å². The Labute approximate surface area is 151 Å². The molecule has 0 spiro atoms. The Balaban J connectivity index is 1.73. The Morgan fingerprint density at radius 2 is 2.20 bits per heavy atom. The molecule has 134 valence electrons. The molecule has 2 N–H and O–H groups in total. The highest BCUT2D eigenvalue weighted by atomic mass is 32.2. The number of anilines is 2. The summed E-state index contributed by atoms with van der Waals surface area (Å²) in [5.41, 5.74) is 1.85. The lowest BCUT2D eigenvalue weighted by Gasteiger charge is -2.15. The Morgan fingerprint density at radius 3 is 2.96 bits per heavy atom.